The Bertz CT molecular complexity index is 313. The minimum atomic E-state index is -0.0672. The molecule has 4 heteroatoms. The molecule has 0 aliphatic heterocycles. The van der Waals surface area contributed by atoms with Crippen molar-refractivity contribution >= 4 is 21.6 Å². The largest absolute Gasteiger partial charge is 0.393 e. The standard InChI is InChI=1S/C10H13BrN2O/c11-8-3-9(6-12-5-8)13-4-7-1-10(14)2-7/h3,5-7,10,13-14H,1-2,4H2. The molecule has 0 radical (unpaired) electrons. The number of halogens is 1. The van der Waals surface area contributed by atoms with E-state index in [4.69, 9.17) is 5.11 Å². The van der Waals surface area contributed by atoms with Gasteiger partial charge in [0.15, 0.2) is 0 Å². The number of aliphatic hydroxyl groups excluding tert-OH is 1. The lowest BCUT2D eigenvalue weighted by Crippen LogP contribution is -2.33. The molecule has 1 fully saturated rings. The summed E-state index contributed by atoms with van der Waals surface area (Å²) in [5.74, 6) is 0.615. The maximum Gasteiger partial charge on any atom is 0.0546 e. The molecule has 0 atom stereocenters. The smallest absolute Gasteiger partial charge is 0.0546 e. The number of anilines is 1. The maximum absolute atomic E-state index is 9.11. The summed E-state index contributed by atoms with van der Waals surface area (Å²) in [6.45, 7) is 0.926. The van der Waals surface area contributed by atoms with E-state index in [1.165, 1.54) is 0 Å². The highest BCUT2D eigenvalue weighted by atomic mass is 79.9. The summed E-state index contributed by atoms with van der Waals surface area (Å²) < 4.78 is 0.983. The molecule has 0 amide bonds. The molecule has 0 saturated heterocycles. The number of pyridine rings is 1. The molecule has 0 spiro atoms. The third-order valence-corrected chi connectivity index (χ3v) is 2.94. The van der Waals surface area contributed by atoms with Crippen LogP contribution in [0, 0.1) is 5.92 Å². The predicted octanol–water partition coefficient (Wildman–Crippen LogP) is 2.03. The minimum absolute atomic E-state index is 0.0672. The molecule has 1 saturated carbocycles. The van der Waals surface area contributed by atoms with E-state index in [9.17, 15) is 0 Å². The Balaban J connectivity index is 1.80. The molecule has 14 heavy (non-hydrogen) atoms. The fraction of sp³-hybridized carbons (Fsp3) is 0.500. The molecule has 1 aliphatic rings. The van der Waals surface area contributed by atoms with Crippen molar-refractivity contribution in [1.29, 1.82) is 0 Å². The molecule has 0 bridgehead atoms. The topological polar surface area (TPSA) is 45.1 Å². The van der Waals surface area contributed by atoms with Gasteiger partial charge in [0.2, 0.25) is 0 Å². The van der Waals surface area contributed by atoms with Gasteiger partial charge in [0, 0.05) is 17.2 Å². The Morgan fingerprint density at radius 2 is 2.29 bits per heavy atom. The average molecular weight is 257 g/mol. The first-order valence-corrected chi connectivity index (χ1v) is 5.56. The zero-order valence-electron chi connectivity index (χ0n) is 7.78. The average Bonchev–Trinajstić information content (AvgIpc) is 2.11. The van der Waals surface area contributed by atoms with Crippen LogP contribution in [0.25, 0.3) is 0 Å². The van der Waals surface area contributed by atoms with Crippen LogP contribution in [-0.2, 0) is 0 Å². The minimum Gasteiger partial charge on any atom is -0.393 e. The van der Waals surface area contributed by atoms with Crippen LogP contribution in [0.15, 0.2) is 22.9 Å². The zero-order valence-corrected chi connectivity index (χ0v) is 9.37. The molecule has 1 aromatic heterocycles. The van der Waals surface area contributed by atoms with Gasteiger partial charge in [0.05, 0.1) is 18.0 Å². The van der Waals surface area contributed by atoms with Gasteiger partial charge in [-0.1, -0.05) is 0 Å². The Morgan fingerprint density at radius 1 is 1.50 bits per heavy atom. The molecule has 2 rings (SSSR count). The molecule has 1 heterocycles. The van der Waals surface area contributed by atoms with Gasteiger partial charge < -0.3 is 10.4 Å². The van der Waals surface area contributed by atoms with Crippen molar-refractivity contribution in [1.82, 2.24) is 4.98 Å². The van der Waals surface area contributed by atoms with Gasteiger partial charge in [-0.15, -0.1) is 0 Å². The van der Waals surface area contributed by atoms with Gasteiger partial charge in [0.1, 0.15) is 0 Å². The summed E-state index contributed by atoms with van der Waals surface area (Å²) in [4.78, 5) is 4.06. The van der Waals surface area contributed by atoms with E-state index in [0.29, 0.717) is 5.92 Å². The molecular formula is C10H13BrN2O. The van der Waals surface area contributed by atoms with Crippen molar-refractivity contribution in [2.75, 3.05) is 11.9 Å². The fourth-order valence-electron chi connectivity index (χ4n) is 1.64. The summed E-state index contributed by atoms with van der Waals surface area (Å²) in [5.41, 5.74) is 1.03. The van der Waals surface area contributed by atoms with Crippen LogP contribution in [0.1, 0.15) is 12.8 Å². The second-order valence-electron chi connectivity index (χ2n) is 3.76. The van der Waals surface area contributed by atoms with Gasteiger partial charge in [-0.25, -0.2) is 0 Å². The summed E-state index contributed by atoms with van der Waals surface area (Å²) in [7, 11) is 0. The first kappa shape index (κ1) is 9.93. The van der Waals surface area contributed by atoms with Crippen molar-refractivity contribution < 1.29 is 5.11 Å². The van der Waals surface area contributed by atoms with Crippen LogP contribution >= 0.6 is 15.9 Å². The van der Waals surface area contributed by atoms with Crippen molar-refractivity contribution in [2.45, 2.75) is 18.9 Å². The van der Waals surface area contributed by atoms with Crippen LogP contribution in [0.4, 0.5) is 5.69 Å². The third-order valence-electron chi connectivity index (χ3n) is 2.51. The Kier molecular flexibility index (Phi) is 3.03. The van der Waals surface area contributed by atoms with E-state index in [0.717, 1.165) is 29.5 Å². The lowest BCUT2D eigenvalue weighted by atomic mass is 9.82. The molecule has 1 aliphatic carbocycles. The number of nitrogens with one attached hydrogen (secondary N) is 1. The summed E-state index contributed by atoms with van der Waals surface area (Å²) in [6, 6.07) is 2.00. The van der Waals surface area contributed by atoms with Crippen LogP contribution in [0.3, 0.4) is 0 Å². The second kappa shape index (κ2) is 4.28. The lowest BCUT2D eigenvalue weighted by molar-refractivity contribution is 0.0487. The number of hydrogen-bond donors (Lipinski definition) is 2. The quantitative estimate of drug-likeness (QED) is 0.870. The lowest BCUT2D eigenvalue weighted by Gasteiger charge is -2.31. The van der Waals surface area contributed by atoms with Gasteiger partial charge in [-0.2, -0.15) is 0 Å². The molecule has 76 valence electrons. The monoisotopic (exact) mass is 256 g/mol. The van der Waals surface area contributed by atoms with Crippen molar-refractivity contribution in [3.8, 4) is 0 Å². The summed E-state index contributed by atoms with van der Waals surface area (Å²) in [6.07, 6.45) is 5.35. The highest BCUT2D eigenvalue weighted by Gasteiger charge is 2.26. The fourth-order valence-corrected chi connectivity index (χ4v) is 2.00. The van der Waals surface area contributed by atoms with E-state index < -0.39 is 0 Å². The Hall–Kier alpha value is -0.610. The van der Waals surface area contributed by atoms with Gasteiger partial charge in [-0.05, 0) is 40.8 Å². The van der Waals surface area contributed by atoms with E-state index >= 15 is 0 Å². The number of nitrogens with zero attached hydrogens (tertiary/aromatic N) is 1. The molecule has 0 unspecified atom stereocenters. The first-order valence-electron chi connectivity index (χ1n) is 4.76. The molecule has 1 aromatic rings. The second-order valence-corrected chi connectivity index (χ2v) is 4.68. The van der Waals surface area contributed by atoms with Crippen LogP contribution in [0.2, 0.25) is 0 Å². The van der Waals surface area contributed by atoms with E-state index in [1.807, 2.05) is 6.07 Å². The van der Waals surface area contributed by atoms with Gasteiger partial charge in [0.25, 0.3) is 0 Å². The zero-order chi connectivity index (χ0) is 9.97. The number of hydrogen-bond acceptors (Lipinski definition) is 3. The molecular weight excluding hydrogens is 244 g/mol. The van der Waals surface area contributed by atoms with Crippen molar-refractivity contribution in [2.24, 2.45) is 5.92 Å². The van der Waals surface area contributed by atoms with Gasteiger partial charge in [-0.3, -0.25) is 4.98 Å². The molecule has 3 nitrogen and oxygen atoms in total. The summed E-state index contributed by atoms with van der Waals surface area (Å²) >= 11 is 3.37. The van der Waals surface area contributed by atoms with Crippen molar-refractivity contribution in [3.63, 3.8) is 0 Å². The van der Waals surface area contributed by atoms with E-state index in [-0.39, 0.29) is 6.10 Å². The highest BCUT2D eigenvalue weighted by molar-refractivity contribution is 9.10. The first-order chi connectivity index (χ1) is 6.74. The Morgan fingerprint density at radius 3 is 2.93 bits per heavy atom. The number of rotatable bonds is 3. The summed E-state index contributed by atoms with van der Waals surface area (Å²) in [5, 5.41) is 12.4. The molecule has 2 N–H and O–H groups in total. The maximum atomic E-state index is 9.11. The van der Waals surface area contributed by atoms with E-state index in [1.54, 1.807) is 12.4 Å². The van der Waals surface area contributed by atoms with Crippen LogP contribution in [-0.4, -0.2) is 22.7 Å². The van der Waals surface area contributed by atoms with E-state index in [2.05, 4.69) is 26.2 Å². The van der Waals surface area contributed by atoms with Crippen molar-refractivity contribution in [3.05, 3.63) is 22.9 Å². The molecule has 0 aromatic carbocycles. The SMILES string of the molecule is OC1CC(CNc2cncc(Br)c2)C1. The number of aromatic nitrogens is 1. The normalized spacial score (nSPS) is 25.6. The van der Waals surface area contributed by atoms with Gasteiger partial charge >= 0.3 is 0 Å². The highest BCUT2D eigenvalue weighted by Crippen LogP contribution is 2.27. The Labute approximate surface area is 91.7 Å². The number of aliphatic hydroxyl groups is 1. The van der Waals surface area contributed by atoms with Crippen LogP contribution < -0.4 is 5.32 Å². The van der Waals surface area contributed by atoms with Crippen LogP contribution in [0.5, 0.6) is 0 Å². The predicted molar refractivity (Wildman–Crippen MR) is 59.2 cm³/mol. The third kappa shape index (κ3) is 2.45.